The van der Waals surface area contributed by atoms with E-state index in [9.17, 15) is 4.79 Å². The number of allylic oxidation sites excluding steroid dienone is 1. The summed E-state index contributed by atoms with van der Waals surface area (Å²) in [6.45, 7) is 0.483. The molecule has 1 amide bonds. The Labute approximate surface area is 110 Å². The predicted molar refractivity (Wildman–Crippen MR) is 73.9 cm³/mol. The van der Waals surface area contributed by atoms with E-state index < -0.39 is 0 Å². The third-order valence-corrected chi connectivity index (χ3v) is 2.68. The van der Waals surface area contributed by atoms with E-state index in [-0.39, 0.29) is 5.91 Å². The Hall–Kier alpha value is -1.87. The molecule has 0 aliphatic heterocycles. The number of alkyl halides is 1. The van der Waals surface area contributed by atoms with E-state index in [1.807, 2.05) is 30.3 Å². The summed E-state index contributed by atoms with van der Waals surface area (Å²) in [7, 11) is 0. The van der Waals surface area contributed by atoms with E-state index in [0.717, 1.165) is 10.9 Å². The lowest BCUT2D eigenvalue weighted by atomic mass is 10.1. The smallest absolute Gasteiger partial charge is 0.251 e. The van der Waals surface area contributed by atoms with Crippen LogP contribution in [0.25, 0.3) is 10.9 Å². The minimum atomic E-state index is -0.0972. The summed E-state index contributed by atoms with van der Waals surface area (Å²) in [4.78, 5) is 16.1. The average molecular weight is 261 g/mol. The summed E-state index contributed by atoms with van der Waals surface area (Å²) >= 11 is 5.49. The van der Waals surface area contributed by atoms with Gasteiger partial charge in [-0.2, -0.15) is 0 Å². The number of nitrogens with one attached hydrogen (secondary N) is 1. The Bertz CT molecular complexity index is 581. The van der Waals surface area contributed by atoms with Crippen molar-refractivity contribution in [1.82, 2.24) is 10.3 Å². The highest BCUT2D eigenvalue weighted by Gasteiger charge is 2.04. The first-order chi connectivity index (χ1) is 8.81. The van der Waals surface area contributed by atoms with Crippen molar-refractivity contribution in [2.45, 2.75) is 0 Å². The lowest BCUT2D eigenvalue weighted by molar-refractivity contribution is 0.0958. The zero-order chi connectivity index (χ0) is 12.8. The zero-order valence-electron chi connectivity index (χ0n) is 9.77. The molecule has 0 saturated carbocycles. The molecule has 1 aromatic heterocycles. The molecule has 4 heteroatoms. The largest absolute Gasteiger partial charge is 0.349 e. The Morgan fingerprint density at radius 1 is 1.33 bits per heavy atom. The van der Waals surface area contributed by atoms with Gasteiger partial charge < -0.3 is 5.32 Å². The van der Waals surface area contributed by atoms with Crippen molar-refractivity contribution < 1.29 is 4.79 Å². The van der Waals surface area contributed by atoms with Crippen LogP contribution in [0.2, 0.25) is 0 Å². The van der Waals surface area contributed by atoms with Gasteiger partial charge in [-0.25, -0.2) is 0 Å². The van der Waals surface area contributed by atoms with Crippen molar-refractivity contribution in [2.75, 3.05) is 12.4 Å². The molecule has 0 bridgehead atoms. The number of halogens is 1. The number of pyridine rings is 1. The van der Waals surface area contributed by atoms with Crippen molar-refractivity contribution in [3.8, 4) is 0 Å². The van der Waals surface area contributed by atoms with Crippen LogP contribution in [-0.2, 0) is 0 Å². The van der Waals surface area contributed by atoms with Crippen LogP contribution >= 0.6 is 11.6 Å². The summed E-state index contributed by atoms with van der Waals surface area (Å²) in [6.07, 6.45) is 5.36. The number of rotatable bonds is 4. The summed E-state index contributed by atoms with van der Waals surface area (Å²) < 4.78 is 0. The van der Waals surface area contributed by atoms with Gasteiger partial charge in [0.2, 0.25) is 0 Å². The highest BCUT2D eigenvalue weighted by Crippen LogP contribution is 2.13. The molecule has 0 aliphatic rings. The summed E-state index contributed by atoms with van der Waals surface area (Å²) in [6, 6.07) is 9.25. The van der Waals surface area contributed by atoms with Gasteiger partial charge in [-0.1, -0.05) is 18.2 Å². The summed E-state index contributed by atoms with van der Waals surface area (Å²) in [5, 5.41) is 3.75. The maximum absolute atomic E-state index is 11.9. The van der Waals surface area contributed by atoms with Crippen molar-refractivity contribution in [3.05, 3.63) is 54.2 Å². The first-order valence-electron chi connectivity index (χ1n) is 5.65. The predicted octanol–water partition coefficient (Wildman–Crippen LogP) is 2.76. The number of carbonyl (C=O) groups excluding carboxylic acids is 1. The van der Waals surface area contributed by atoms with Gasteiger partial charge in [0.05, 0.1) is 5.52 Å². The van der Waals surface area contributed by atoms with Crippen LogP contribution in [0.15, 0.2) is 48.7 Å². The minimum Gasteiger partial charge on any atom is -0.349 e. The Kier molecular flexibility index (Phi) is 4.31. The van der Waals surface area contributed by atoms with Gasteiger partial charge in [0.1, 0.15) is 0 Å². The second-order valence-electron chi connectivity index (χ2n) is 3.75. The molecule has 2 aromatic rings. The van der Waals surface area contributed by atoms with Crippen LogP contribution in [-0.4, -0.2) is 23.3 Å². The number of hydrogen-bond donors (Lipinski definition) is 1. The quantitative estimate of drug-likeness (QED) is 0.678. The van der Waals surface area contributed by atoms with E-state index >= 15 is 0 Å². The molecule has 0 unspecified atom stereocenters. The zero-order valence-corrected chi connectivity index (χ0v) is 10.5. The van der Waals surface area contributed by atoms with Gasteiger partial charge in [-0.15, -0.1) is 11.6 Å². The average Bonchev–Trinajstić information content (AvgIpc) is 2.43. The SMILES string of the molecule is O=C(NC/C=C/CCl)c1ccc2ncccc2c1. The first-order valence-corrected chi connectivity index (χ1v) is 6.18. The monoisotopic (exact) mass is 260 g/mol. The number of benzene rings is 1. The molecule has 2 rings (SSSR count). The third kappa shape index (κ3) is 3.08. The Balaban J connectivity index is 2.10. The van der Waals surface area contributed by atoms with Crippen LogP contribution in [0, 0.1) is 0 Å². The second-order valence-corrected chi connectivity index (χ2v) is 4.06. The highest BCUT2D eigenvalue weighted by molar-refractivity contribution is 6.18. The number of amides is 1. The maximum Gasteiger partial charge on any atom is 0.251 e. The van der Waals surface area contributed by atoms with Gasteiger partial charge in [0.15, 0.2) is 0 Å². The molecular weight excluding hydrogens is 248 g/mol. The fourth-order valence-corrected chi connectivity index (χ4v) is 1.74. The number of hydrogen-bond acceptors (Lipinski definition) is 2. The lowest BCUT2D eigenvalue weighted by Crippen LogP contribution is -2.23. The molecule has 1 heterocycles. The standard InChI is InChI=1S/C14H13ClN2O/c15-7-1-2-8-17-14(18)12-5-6-13-11(10-12)4-3-9-16-13/h1-6,9-10H,7-8H2,(H,17,18)/b2-1+. The van der Waals surface area contributed by atoms with Crippen molar-refractivity contribution >= 4 is 28.4 Å². The number of nitrogens with zero attached hydrogens (tertiary/aromatic N) is 1. The van der Waals surface area contributed by atoms with Crippen molar-refractivity contribution in [3.63, 3.8) is 0 Å². The third-order valence-electron chi connectivity index (χ3n) is 2.50. The second kappa shape index (κ2) is 6.17. The van der Waals surface area contributed by atoms with Gasteiger partial charge in [0, 0.05) is 29.6 Å². The van der Waals surface area contributed by atoms with Gasteiger partial charge >= 0.3 is 0 Å². The Morgan fingerprint density at radius 2 is 2.22 bits per heavy atom. The van der Waals surface area contributed by atoms with Gasteiger partial charge in [0.25, 0.3) is 5.91 Å². The molecule has 92 valence electrons. The van der Waals surface area contributed by atoms with Crippen LogP contribution < -0.4 is 5.32 Å². The maximum atomic E-state index is 11.9. The molecule has 0 atom stereocenters. The molecule has 0 aliphatic carbocycles. The molecule has 1 N–H and O–H groups in total. The fraction of sp³-hybridized carbons (Fsp3) is 0.143. The molecule has 0 fully saturated rings. The van der Waals surface area contributed by atoms with E-state index in [4.69, 9.17) is 11.6 Å². The van der Waals surface area contributed by atoms with Crippen LogP contribution in [0.1, 0.15) is 10.4 Å². The van der Waals surface area contributed by atoms with Crippen molar-refractivity contribution in [1.29, 1.82) is 0 Å². The molecule has 0 saturated heterocycles. The Morgan fingerprint density at radius 3 is 3.06 bits per heavy atom. The summed E-state index contributed by atoms with van der Waals surface area (Å²) in [5.41, 5.74) is 1.52. The lowest BCUT2D eigenvalue weighted by Gasteiger charge is -2.03. The number of aromatic nitrogens is 1. The van der Waals surface area contributed by atoms with Crippen LogP contribution in [0.3, 0.4) is 0 Å². The van der Waals surface area contributed by atoms with E-state index in [2.05, 4.69) is 10.3 Å². The topological polar surface area (TPSA) is 42.0 Å². The van der Waals surface area contributed by atoms with E-state index in [1.165, 1.54) is 0 Å². The highest BCUT2D eigenvalue weighted by atomic mass is 35.5. The van der Waals surface area contributed by atoms with Gasteiger partial charge in [-0.3, -0.25) is 9.78 Å². The van der Waals surface area contributed by atoms with Crippen LogP contribution in [0.5, 0.6) is 0 Å². The normalized spacial score (nSPS) is 10.9. The molecule has 1 aromatic carbocycles. The summed E-state index contributed by atoms with van der Waals surface area (Å²) in [5.74, 6) is 0.359. The molecule has 0 radical (unpaired) electrons. The van der Waals surface area contributed by atoms with Gasteiger partial charge in [-0.05, 0) is 24.3 Å². The molecular formula is C14H13ClN2O. The number of carbonyl (C=O) groups is 1. The van der Waals surface area contributed by atoms with Crippen LogP contribution in [0.4, 0.5) is 0 Å². The van der Waals surface area contributed by atoms with E-state index in [1.54, 1.807) is 18.3 Å². The molecule has 3 nitrogen and oxygen atoms in total. The minimum absolute atomic E-state index is 0.0972. The first kappa shape index (κ1) is 12.6. The van der Waals surface area contributed by atoms with Crippen molar-refractivity contribution in [2.24, 2.45) is 0 Å². The molecule has 0 spiro atoms. The molecule has 18 heavy (non-hydrogen) atoms. The number of fused-ring (bicyclic) bond motifs is 1. The van der Waals surface area contributed by atoms with E-state index in [0.29, 0.717) is 18.0 Å². The fourth-order valence-electron chi connectivity index (χ4n) is 1.62.